The number of nitrogens with zero attached hydrogens (tertiary/aromatic N) is 1. The van der Waals surface area contributed by atoms with E-state index in [1.807, 2.05) is 0 Å². The summed E-state index contributed by atoms with van der Waals surface area (Å²) in [5.74, 6) is -0.753. The summed E-state index contributed by atoms with van der Waals surface area (Å²) in [6, 6.07) is 2.32. The van der Waals surface area contributed by atoms with E-state index in [9.17, 15) is 14.9 Å². The van der Waals surface area contributed by atoms with Gasteiger partial charge in [0.25, 0.3) is 5.69 Å². The lowest BCUT2D eigenvalue weighted by molar-refractivity contribution is -0.384. The minimum atomic E-state index is -0.799. The fourth-order valence-corrected chi connectivity index (χ4v) is 1.98. The zero-order valence-electron chi connectivity index (χ0n) is 12.8. The van der Waals surface area contributed by atoms with Crippen LogP contribution >= 0.6 is 11.6 Å². The Balaban J connectivity index is 2.78. The summed E-state index contributed by atoms with van der Waals surface area (Å²) in [4.78, 5) is 21.6. The van der Waals surface area contributed by atoms with Crippen LogP contribution in [0.5, 0.6) is 5.75 Å². The van der Waals surface area contributed by atoms with Gasteiger partial charge in [-0.3, -0.25) is 14.9 Å². The highest BCUT2D eigenvalue weighted by Crippen LogP contribution is 2.36. The maximum Gasteiger partial charge on any atom is 0.292 e. The third kappa shape index (κ3) is 6.01. The highest BCUT2D eigenvalue weighted by atomic mass is 35.5. The van der Waals surface area contributed by atoms with Crippen molar-refractivity contribution in [3.63, 3.8) is 0 Å². The van der Waals surface area contributed by atoms with E-state index >= 15 is 0 Å². The molecule has 1 aromatic carbocycles. The normalized spacial score (nSPS) is 12.0. The van der Waals surface area contributed by atoms with Crippen molar-refractivity contribution in [1.29, 1.82) is 0 Å². The molecule has 0 fully saturated rings. The molecule has 1 aromatic rings. The third-order valence-electron chi connectivity index (χ3n) is 2.99. The van der Waals surface area contributed by atoms with E-state index in [1.165, 1.54) is 6.07 Å². The largest absolute Gasteiger partial charge is 0.489 e. The van der Waals surface area contributed by atoms with Crippen molar-refractivity contribution in [2.75, 3.05) is 19.8 Å². The Morgan fingerprint density at radius 3 is 2.70 bits per heavy atom. The van der Waals surface area contributed by atoms with Crippen molar-refractivity contribution in [2.45, 2.75) is 25.9 Å². The van der Waals surface area contributed by atoms with Crippen LogP contribution in [0.15, 0.2) is 12.1 Å². The molecule has 9 heteroatoms. The number of halogens is 1. The zero-order valence-corrected chi connectivity index (χ0v) is 13.5. The SMILES string of the molecule is CC(CCOCCCN)Oc1cc(C(N)=O)cc([N+](=O)[O-])c1Cl. The lowest BCUT2D eigenvalue weighted by Crippen LogP contribution is -2.17. The first-order valence-corrected chi connectivity index (χ1v) is 7.46. The van der Waals surface area contributed by atoms with Crippen LogP contribution in [0.25, 0.3) is 0 Å². The second-order valence-corrected chi connectivity index (χ2v) is 5.28. The molecule has 0 aliphatic heterocycles. The van der Waals surface area contributed by atoms with E-state index in [1.54, 1.807) is 6.92 Å². The number of ether oxygens (including phenoxy) is 2. The molecule has 1 rings (SSSR count). The summed E-state index contributed by atoms with van der Waals surface area (Å²) >= 11 is 5.96. The first-order chi connectivity index (χ1) is 10.9. The average Bonchev–Trinajstić information content (AvgIpc) is 2.48. The number of hydrogen-bond acceptors (Lipinski definition) is 6. The molecule has 0 aromatic heterocycles. The maximum absolute atomic E-state index is 11.3. The topological polar surface area (TPSA) is 131 Å². The van der Waals surface area contributed by atoms with Gasteiger partial charge in [0.2, 0.25) is 5.91 Å². The molecular formula is C14H20ClN3O5. The van der Waals surface area contributed by atoms with E-state index in [0.29, 0.717) is 26.2 Å². The first-order valence-electron chi connectivity index (χ1n) is 7.09. The Morgan fingerprint density at radius 2 is 2.13 bits per heavy atom. The fourth-order valence-electron chi connectivity index (χ4n) is 1.76. The van der Waals surface area contributed by atoms with Gasteiger partial charge in [-0.1, -0.05) is 11.6 Å². The fraction of sp³-hybridized carbons (Fsp3) is 0.500. The standard InChI is InChI=1S/C14H20ClN3O5/c1-9(3-6-22-5-2-4-16)23-12-8-10(14(17)19)7-11(13(12)15)18(20)21/h7-9H,2-6,16H2,1H3,(H2,17,19). The predicted octanol–water partition coefficient (Wildman–Crippen LogP) is 1.87. The van der Waals surface area contributed by atoms with Crippen molar-refractivity contribution in [3.8, 4) is 5.75 Å². The second kappa shape index (κ2) is 9.29. The summed E-state index contributed by atoms with van der Waals surface area (Å²) in [5, 5.41) is 10.8. The first kappa shape index (κ1) is 19.1. The number of carbonyl (C=O) groups is 1. The van der Waals surface area contributed by atoms with Gasteiger partial charge >= 0.3 is 0 Å². The summed E-state index contributed by atoms with van der Waals surface area (Å²) in [7, 11) is 0. The lowest BCUT2D eigenvalue weighted by atomic mass is 10.1. The van der Waals surface area contributed by atoms with Crippen molar-refractivity contribution in [3.05, 3.63) is 32.8 Å². The van der Waals surface area contributed by atoms with Gasteiger partial charge in [-0.15, -0.1) is 0 Å². The molecule has 0 spiro atoms. The van der Waals surface area contributed by atoms with Crippen molar-refractivity contribution in [2.24, 2.45) is 11.5 Å². The highest BCUT2D eigenvalue weighted by molar-refractivity contribution is 6.34. The molecule has 8 nitrogen and oxygen atoms in total. The van der Waals surface area contributed by atoms with Gasteiger partial charge in [0.15, 0.2) is 5.02 Å². The van der Waals surface area contributed by atoms with E-state index in [4.69, 9.17) is 32.5 Å². The number of nitro groups is 1. The highest BCUT2D eigenvalue weighted by Gasteiger charge is 2.22. The Bertz CT molecular complexity index is 568. The summed E-state index contributed by atoms with van der Waals surface area (Å²) in [5.41, 5.74) is 10.1. The molecule has 0 bridgehead atoms. The number of rotatable bonds is 10. The van der Waals surface area contributed by atoms with E-state index < -0.39 is 16.5 Å². The smallest absolute Gasteiger partial charge is 0.292 e. The molecule has 0 aliphatic carbocycles. The molecule has 0 saturated carbocycles. The minimum Gasteiger partial charge on any atom is -0.489 e. The molecule has 1 unspecified atom stereocenters. The molecule has 23 heavy (non-hydrogen) atoms. The number of nitrogens with two attached hydrogens (primary N) is 2. The number of carbonyl (C=O) groups excluding carboxylic acids is 1. The van der Waals surface area contributed by atoms with E-state index in [2.05, 4.69) is 0 Å². The average molecular weight is 346 g/mol. The van der Waals surface area contributed by atoms with Crippen molar-refractivity contribution >= 4 is 23.2 Å². The minimum absolute atomic E-state index is 0.0394. The molecule has 1 atom stereocenters. The monoisotopic (exact) mass is 345 g/mol. The van der Waals surface area contributed by atoms with Crippen LogP contribution in [0.2, 0.25) is 5.02 Å². The second-order valence-electron chi connectivity index (χ2n) is 4.90. The molecule has 1 amide bonds. The van der Waals surface area contributed by atoms with Crippen molar-refractivity contribution < 1.29 is 19.2 Å². The molecular weight excluding hydrogens is 326 g/mol. The number of benzene rings is 1. The third-order valence-corrected chi connectivity index (χ3v) is 3.37. The maximum atomic E-state index is 11.3. The molecule has 0 heterocycles. The Hall–Kier alpha value is -1.90. The number of hydrogen-bond donors (Lipinski definition) is 2. The van der Waals surface area contributed by atoms with Crippen LogP contribution in [-0.2, 0) is 4.74 Å². The molecule has 128 valence electrons. The number of primary amides is 1. The number of nitro benzene ring substituents is 1. The van der Waals surface area contributed by atoms with Crippen LogP contribution in [0.4, 0.5) is 5.69 Å². The van der Waals surface area contributed by atoms with Crippen LogP contribution in [0, 0.1) is 10.1 Å². The molecule has 0 saturated heterocycles. The lowest BCUT2D eigenvalue weighted by Gasteiger charge is -2.16. The quantitative estimate of drug-likeness (QED) is 0.378. The molecule has 0 aliphatic rings. The van der Waals surface area contributed by atoms with Gasteiger partial charge in [0.1, 0.15) is 5.75 Å². The van der Waals surface area contributed by atoms with Gasteiger partial charge in [0, 0.05) is 24.7 Å². The van der Waals surface area contributed by atoms with Crippen LogP contribution in [0.1, 0.15) is 30.1 Å². The predicted molar refractivity (Wildman–Crippen MR) is 85.8 cm³/mol. The Kier molecular flexibility index (Phi) is 7.73. The van der Waals surface area contributed by atoms with E-state index in [0.717, 1.165) is 12.5 Å². The summed E-state index contributed by atoms with van der Waals surface area (Å²) in [6.07, 6.45) is 1.01. The Labute approximate surface area is 138 Å². The van der Waals surface area contributed by atoms with Crippen molar-refractivity contribution in [1.82, 2.24) is 0 Å². The number of amides is 1. The van der Waals surface area contributed by atoms with Gasteiger partial charge in [-0.2, -0.15) is 0 Å². The van der Waals surface area contributed by atoms with E-state index in [-0.39, 0.29) is 22.4 Å². The summed E-state index contributed by atoms with van der Waals surface area (Å²) in [6.45, 7) is 3.35. The van der Waals surface area contributed by atoms with Gasteiger partial charge in [-0.25, -0.2) is 0 Å². The molecule has 4 N–H and O–H groups in total. The van der Waals surface area contributed by atoms with Crippen LogP contribution in [0.3, 0.4) is 0 Å². The van der Waals surface area contributed by atoms with Gasteiger partial charge in [-0.05, 0) is 26.0 Å². The van der Waals surface area contributed by atoms with Crippen LogP contribution < -0.4 is 16.2 Å². The zero-order chi connectivity index (χ0) is 17.4. The van der Waals surface area contributed by atoms with Gasteiger partial charge in [0.05, 0.1) is 17.6 Å². The molecule has 0 radical (unpaired) electrons. The van der Waals surface area contributed by atoms with Crippen LogP contribution in [-0.4, -0.2) is 36.7 Å². The summed E-state index contributed by atoms with van der Waals surface area (Å²) < 4.78 is 10.9. The van der Waals surface area contributed by atoms with Gasteiger partial charge < -0.3 is 20.9 Å². The Morgan fingerprint density at radius 1 is 1.43 bits per heavy atom.